The Morgan fingerprint density at radius 2 is 2.24 bits per heavy atom. The van der Waals surface area contributed by atoms with Gasteiger partial charge in [0.05, 0.1) is 5.56 Å². The van der Waals surface area contributed by atoms with E-state index in [2.05, 4.69) is 33.1 Å². The second-order valence-electron chi connectivity index (χ2n) is 5.97. The lowest BCUT2D eigenvalue weighted by Gasteiger charge is -2.33. The highest BCUT2D eigenvalue weighted by Crippen LogP contribution is 2.18. The predicted octanol–water partition coefficient (Wildman–Crippen LogP) is 3.75. The van der Waals surface area contributed by atoms with Crippen molar-refractivity contribution in [1.82, 2.24) is 10.2 Å². The zero-order valence-corrected chi connectivity index (χ0v) is 14.6. The van der Waals surface area contributed by atoms with Crippen LogP contribution in [0.4, 0.5) is 0 Å². The Morgan fingerprint density at radius 1 is 1.43 bits per heavy atom. The van der Waals surface area contributed by atoms with Gasteiger partial charge in [0.1, 0.15) is 0 Å². The Hall–Kier alpha value is -0.870. The van der Waals surface area contributed by atoms with Gasteiger partial charge in [0.15, 0.2) is 0 Å². The molecule has 1 aliphatic rings. The smallest absolute Gasteiger partial charge is 0.252 e. The van der Waals surface area contributed by atoms with Gasteiger partial charge in [-0.15, -0.1) is 0 Å². The first-order chi connectivity index (χ1) is 10.1. The van der Waals surface area contributed by atoms with Crippen molar-refractivity contribution in [2.75, 3.05) is 19.6 Å². The first-order valence-corrected chi connectivity index (χ1v) is 8.65. The minimum atomic E-state index is 0.00793. The van der Waals surface area contributed by atoms with E-state index in [1.54, 1.807) is 0 Å². The second kappa shape index (κ2) is 7.95. The summed E-state index contributed by atoms with van der Waals surface area (Å²) in [6.07, 6.45) is 4.99. The molecule has 1 amide bonds. The quantitative estimate of drug-likeness (QED) is 0.818. The third-order valence-corrected chi connectivity index (χ3v) is 4.87. The third kappa shape index (κ3) is 4.82. The van der Waals surface area contributed by atoms with Crippen molar-refractivity contribution < 1.29 is 4.79 Å². The molecule has 21 heavy (non-hydrogen) atoms. The lowest BCUT2D eigenvalue weighted by atomic mass is 10.0. The molecule has 0 bridgehead atoms. The molecule has 1 aromatic rings. The highest BCUT2D eigenvalue weighted by molar-refractivity contribution is 9.10. The summed E-state index contributed by atoms with van der Waals surface area (Å²) in [5.74, 6) is 0.00793. The summed E-state index contributed by atoms with van der Waals surface area (Å²) in [6, 6.07) is 6.52. The zero-order chi connectivity index (χ0) is 15.2. The molecule has 1 saturated heterocycles. The highest BCUT2D eigenvalue weighted by atomic mass is 79.9. The van der Waals surface area contributed by atoms with Crippen LogP contribution in [0.1, 0.15) is 48.5 Å². The van der Waals surface area contributed by atoms with Crippen molar-refractivity contribution in [3.05, 3.63) is 33.8 Å². The van der Waals surface area contributed by atoms with Crippen LogP contribution >= 0.6 is 15.9 Å². The number of halogens is 1. The number of rotatable bonds is 5. The zero-order valence-electron chi connectivity index (χ0n) is 13.0. The van der Waals surface area contributed by atoms with Crippen LogP contribution in [0.2, 0.25) is 0 Å². The largest absolute Gasteiger partial charge is 0.352 e. The normalized spacial score (nSPS) is 19.5. The van der Waals surface area contributed by atoms with Crippen LogP contribution in [0.5, 0.6) is 0 Å². The van der Waals surface area contributed by atoms with Crippen molar-refractivity contribution in [2.24, 2.45) is 0 Å². The molecule has 1 aliphatic heterocycles. The fraction of sp³-hybridized carbons (Fsp3) is 0.588. The van der Waals surface area contributed by atoms with E-state index in [-0.39, 0.29) is 5.91 Å². The Balaban J connectivity index is 1.74. The summed E-state index contributed by atoms with van der Waals surface area (Å²) >= 11 is 3.46. The Labute approximate surface area is 136 Å². The molecule has 3 nitrogen and oxygen atoms in total. The lowest BCUT2D eigenvalue weighted by Crippen LogP contribution is -2.39. The van der Waals surface area contributed by atoms with E-state index < -0.39 is 0 Å². The van der Waals surface area contributed by atoms with E-state index in [0.29, 0.717) is 11.6 Å². The number of amides is 1. The SMILES string of the molecule is Cc1ccc(C(=O)NCCCN2CCCCC2C)c(Br)c1. The summed E-state index contributed by atoms with van der Waals surface area (Å²) in [4.78, 5) is 14.7. The van der Waals surface area contributed by atoms with Gasteiger partial charge in [-0.25, -0.2) is 0 Å². The molecule has 0 spiro atoms. The van der Waals surface area contributed by atoms with Crippen LogP contribution in [-0.2, 0) is 0 Å². The molecule has 4 heteroatoms. The van der Waals surface area contributed by atoms with Gasteiger partial charge >= 0.3 is 0 Å². The Bertz CT molecular complexity index is 490. The molecular formula is C17H25BrN2O. The van der Waals surface area contributed by atoms with Crippen LogP contribution in [0.15, 0.2) is 22.7 Å². The summed E-state index contributed by atoms with van der Waals surface area (Å²) in [7, 11) is 0. The first-order valence-electron chi connectivity index (χ1n) is 7.86. The molecule has 2 rings (SSSR count). The van der Waals surface area contributed by atoms with Gasteiger partial charge in [0.25, 0.3) is 5.91 Å². The number of aryl methyl sites for hydroxylation is 1. The molecule has 0 saturated carbocycles. The topological polar surface area (TPSA) is 32.3 Å². The van der Waals surface area contributed by atoms with E-state index in [1.807, 2.05) is 25.1 Å². The first kappa shape index (κ1) is 16.5. The van der Waals surface area contributed by atoms with E-state index in [4.69, 9.17) is 0 Å². The maximum absolute atomic E-state index is 12.1. The van der Waals surface area contributed by atoms with Crippen LogP contribution in [0.3, 0.4) is 0 Å². The van der Waals surface area contributed by atoms with Crippen molar-refractivity contribution in [2.45, 2.75) is 45.6 Å². The van der Waals surface area contributed by atoms with Crippen LogP contribution in [0.25, 0.3) is 0 Å². The van der Waals surface area contributed by atoms with E-state index in [1.165, 1.54) is 25.8 Å². The van der Waals surface area contributed by atoms with Gasteiger partial charge < -0.3 is 10.2 Å². The van der Waals surface area contributed by atoms with E-state index >= 15 is 0 Å². The predicted molar refractivity (Wildman–Crippen MR) is 90.7 cm³/mol. The van der Waals surface area contributed by atoms with E-state index in [0.717, 1.165) is 29.5 Å². The highest BCUT2D eigenvalue weighted by Gasteiger charge is 2.17. The average molecular weight is 353 g/mol. The number of piperidine rings is 1. The van der Waals surface area contributed by atoms with Crippen LogP contribution in [-0.4, -0.2) is 36.5 Å². The molecule has 1 unspecified atom stereocenters. The summed E-state index contributed by atoms with van der Waals surface area (Å²) < 4.78 is 0.865. The number of carbonyl (C=O) groups excluding carboxylic acids is 1. The van der Waals surface area contributed by atoms with Gasteiger partial charge in [0, 0.05) is 23.6 Å². The molecular weight excluding hydrogens is 328 g/mol. The van der Waals surface area contributed by atoms with Gasteiger partial charge in [-0.05, 0) is 73.3 Å². The molecule has 0 aliphatic carbocycles. The number of nitrogens with zero attached hydrogens (tertiary/aromatic N) is 1. The van der Waals surface area contributed by atoms with Gasteiger partial charge in [-0.1, -0.05) is 12.5 Å². The number of hydrogen-bond donors (Lipinski definition) is 1. The molecule has 1 heterocycles. The molecule has 1 fully saturated rings. The van der Waals surface area contributed by atoms with Crippen LogP contribution < -0.4 is 5.32 Å². The molecule has 1 atom stereocenters. The lowest BCUT2D eigenvalue weighted by molar-refractivity contribution is 0.0948. The van der Waals surface area contributed by atoms with Gasteiger partial charge in [-0.3, -0.25) is 4.79 Å². The number of benzene rings is 1. The van der Waals surface area contributed by atoms with Crippen molar-refractivity contribution >= 4 is 21.8 Å². The minimum absolute atomic E-state index is 0.00793. The van der Waals surface area contributed by atoms with E-state index in [9.17, 15) is 4.79 Å². The van der Waals surface area contributed by atoms with Crippen LogP contribution in [0, 0.1) is 6.92 Å². The Kier molecular flexibility index (Phi) is 6.24. The maximum atomic E-state index is 12.1. The summed E-state index contributed by atoms with van der Waals surface area (Å²) in [6.45, 7) is 7.35. The molecule has 1 N–H and O–H groups in total. The van der Waals surface area contributed by atoms with Gasteiger partial charge in [-0.2, -0.15) is 0 Å². The average Bonchev–Trinajstić information content (AvgIpc) is 2.45. The standard InChI is InChI=1S/C17H25BrN2O/c1-13-7-8-15(16(18)12-13)17(21)19-9-5-11-20-10-4-3-6-14(20)2/h7-8,12,14H,3-6,9-11H2,1-2H3,(H,19,21). The fourth-order valence-corrected chi connectivity index (χ4v) is 3.55. The third-order valence-electron chi connectivity index (χ3n) is 4.22. The number of nitrogens with one attached hydrogen (secondary N) is 1. The molecule has 116 valence electrons. The van der Waals surface area contributed by atoms with Crippen molar-refractivity contribution in [3.63, 3.8) is 0 Å². The fourth-order valence-electron chi connectivity index (χ4n) is 2.87. The number of hydrogen-bond acceptors (Lipinski definition) is 2. The molecule has 0 radical (unpaired) electrons. The minimum Gasteiger partial charge on any atom is -0.352 e. The Morgan fingerprint density at radius 3 is 2.95 bits per heavy atom. The van der Waals surface area contributed by atoms with Gasteiger partial charge in [0.2, 0.25) is 0 Å². The second-order valence-corrected chi connectivity index (χ2v) is 6.83. The molecule has 1 aromatic carbocycles. The monoisotopic (exact) mass is 352 g/mol. The maximum Gasteiger partial charge on any atom is 0.252 e. The summed E-state index contributed by atoms with van der Waals surface area (Å²) in [5, 5.41) is 3.02. The van der Waals surface area contributed by atoms with Crippen molar-refractivity contribution in [3.8, 4) is 0 Å². The number of carbonyl (C=O) groups is 1. The molecule has 0 aromatic heterocycles. The number of likely N-dealkylation sites (tertiary alicyclic amines) is 1. The summed E-state index contributed by atoms with van der Waals surface area (Å²) in [5.41, 5.74) is 1.87. The van der Waals surface area contributed by atoms with Crippen molar-refractivity contribution in [1.29, 1.82) is 0 Å².